The lowest BCUT2D eigenvalue weighted by molar-refractivity contribution is -0.122. The van der Waals surface area contributed by atoms with Gasteiger partial charge in [0.1, 0.15) is 5.75 Å². The first-order valence-corrected chi connectivity index (χ1v) is 10.1. The van der Waals surface area contributed by atoms with Crippen LogP contribution in [0.5, 0.6) is 5.75 Å². The van der Waals surface area contributed by atoms with E-state index in [1.165, 1.54) is 11.1 Å². The lowest BCUT2D eigenvalue weighted by Gasteiger charge is -2.44. The molecular formula is C23H29N3O2. The Morgan fingerprint density at radius 2 is 1.93 bits per heavy atom. The zero-order valence-corrected chi connectivity index (χ0v) is 16.8. The zero-order chi connectivity index (χ0) is 19.6. The minimum absolute atomic E-state index is 0.135. The Morgan fingerprint density at radius 3 is 2.71 bits per heavy atom. The summed E-state index contributed by atoms with van der Waals surface area (Å²) in [5.41, 5.74) is 4.56. The number of anilines is 1. The number of hydrogen-bond acceptors (Lipinski definition) is 4. The second kappa shape index (κ2) is 7.84. The van der Waals surface area contributed by atoms with Gasteiger partial charge in [0.05, 0.1) is 7.11 Å². The van der Waals surface area contributed by atoms with E-state index in [2.05, 4.69) is 58.9 Å². The maximum atomic E-state index is 12.4. The fourth-order valence-electron chi connectivity index (χ4n) is 4.35. The van der Waals surface area contributed by atoms with Crippen molar-refractivity contribution in [1.29, 1.82) is 0 Å². The fourth-order valence-corrected chi connectivity index (χ4v) is 4.35. The van der Waals surface area contributed by atoms with Gasteiger partial charge in [0, 0.05) is 49.4 Å². The zero-order valence-electron chi connectivity index (χ0n) is 16.8. The number of piperidine rings is 1. The van der Waals surface area contributed by atoms with E-state index >= 15 is 0 Å². The number of para-hydroxylation sites is 1. The Labute approximate surface area is 167 Å². The van der Waals surface area contributed by atoms with E-state index in [0.29, 0.717) is 13.0 Å². The van der Waals surface area contributed by atoms with Crippen LogP contribution in [0.2, 0.25) is 0 Å². The van der Waals surface area contributed by atoms with Crippen LogP contribution < -0.4 is 15.4 Å². The molecule has 1 fully saturated rings. The van der Waals surface area contributed by atoms with Gasteiger partial charge in [-0.25, -0.2) is 0 Å². The molecule has 0 aliphatic carbocycles. The largest absolute Gasteiger partial charge is 0.496 e. The molecule has 2 N–H and O–H groups in total. The van der Waals surface area contributed by atoms with Crippen molar-refractivity contribution in [2.45, 2.75) is 44.8 Å². The number of aryl methyl sites for hydroxylation is 1. The van der Waals surface area contributed by atoms with Crippen molar-refractivity contribution in [3.63, 3.8) is 0 Å². The summed E-state index contributed by atoms with van der Waals surface area (Å²) in [5, 5.41) is 6.82. The first kappa shape index (κ1) is 18.8. The predicted molar refractivity (Wildman–Crippen MR) is 112 cm³/mol. The van der Waals surface area contributed by atoms with Gasteiger partial charge in [-0.3, -0.25) is 9.69 Å². The molecule has 0 atom stereocenters. The predicted octanol–water partition coefficient (Wildman–Crippen LogP) is 3.47. The van der Waals surface area contributed by atoms with Crippen molar-refractivity contribution < 1.29 is 9.53 Å². The Morgan fingerprint density at radius 1 is 1.14 bits per heavy atom. The summed E-state index contributed by atoms with van der Waals surface area (Å²) >= 11 is 0. The Kier molecular flexibility index (Phi) is 5.27. The number of nitrogens with zero attached hydrogens (tertiary/aromatic N) is 1. The quantitative estimate of drug-likeness (QED) is 0.857. The number of rotatable bonds is 3. The summed E-state index contributed by atoms with van der Waals surface area (Å²) < 4.78 is 5.57. The van der Waals surface area contributed by atoms with Crippen LogP contribution in [-0.4, -0.2) is 36.5 Å². The van der Waals surface area contributed by atoms with E-state index in [-0.39, 0.29) is 11.4 Å². The number of hydrogen-bond donors (Lipinski definition) is 2. The van der Waals surface area contributed by atoms with Gasteiger partial charge < -0.3 is 15.4 Å². The number of ether oxygens (including phenoxy) is 1. The number of nitrogens with one attached hydrogen (secondary N) is 2. The number of fused-ring (bicyclic) bond motifs is 1. The van der Waals surface area contributed by atoms with Crippen LogP contribution in [0, 0.1) is 6.92 Å². The number of carbonyl (C=O) groups is 1. The molecule has 2 heterocycles. The molecule has 1 amide bonds. The van der Waals surface area contributed by atoms with E-state index < -0.39 is 0 Å². The molecule has 0 bridgehead atoms. The Hall–Kier alpha value is -2.53. The van der Waals surface area contributed by atoms with Gasteiger partial charge in [-0.05, 0) is 43.0 Å². The molecule has 148 valence electrons. The SMILES string of the molecule is COc1cc(C)ccc1CN1CCC2(CC1)CC(=O)NCc1ccccc1N2. The summed E-state index contributed by atoms with van der Waals surface area (Å²) in [5.74, 6) is 1.09. The van der Waals surface area contributed by atoms with E-state index in [1.807, 2.05) is 6.07 Å². The van der Waals surface area contributed by atoms with Crippen LogP contribution in [-0.2, 0) is 17.9 Å². The highest BCUT2D eigenvalue weighted by Crippen LogP contribution is 2.34. The normalized spacial score (nSPS) is 19.1. The van der Waals surface area contributed by atoms with Gasteiger partial charge >= 0.3 is 0 Å². The smallest absolute Gasteiger partial charge is 0.222 e. The first-order valence-electron chi connectivity index (χ1n) is 10.1. The van der Waals surface area contributed by atoms with E-state index in [4.69, 9.17) is 4.74 Å². The van der Waals surface area contributed by atoms with Crippen LogP contribution in [0.15, 0.2) is 42.5 Å². The van der Waals surface area contributed by atoms with Gasteiger partial charge in [0.25, 0.3) is 0 Å². The van der Waals surface area contributed by atoms with E-state index in [9.17, 15) is 4.79 Å². The Balaban J connectivity index is 1.47. The molecular weight excluding hydrogens is 350 g/mol. The molecule has 1 spiro atoms. The van der Waals surface area contributed by atoms with Gasteiger partial charge in [-0.1, -0.05) is 30.3 Å². The minimum atomic E-state index is -0.172. The van der Waals surface area contributed by atoms with Crippen molar-refractivity contribution in [2.75, 3.05) is 25.5 Å². The molecule has 2 aromatic carbocycles. The third-order valence-corrected chi connectivity index (χ3v) is 6.04. The van der Waals surface area contributed by atoms with Gasteiger partial charge in [0.2, 0.25) is 5.91 Å². The van der Waals surface area contributed by atoms with Crippen molar-refractivity contribution in [1.82, 2.24) is 10.2 Å². The van der Waals surface area contributed by atoms with Crippen LogP contribution in [0.1, 0.15) is 36.0 Å². The van der Waals surface area contributed by atoms with Crippen molar-refractivity contribution in [3.05, 3.63) is 59.2 Å². The van der Waals surface area contributed by atoms with Crippen LogP contribution >= 0.6 is 0 Å². The summed E-state index contributed by atoms with van der Waals surface area (Å²) in [4.78, 5) is 14.9. The Bertz CT molecular complexity index is 857. The van der Waals surface area contributed by atoms with Crippen molar-refractivity contribution in [2.24, 2.45) is 0 Å². The molecule has 1 saturated heterocycles. The highest BCUT2D eigenvalue weighted by atomic mass is 16.5. The van der Waals surface area contributed by atoms with Crippen LogP contribution in [0.3, 0.4) is 0 Å². The number of methoxy groups -OCH3 is 1. The topological polar surface area (TPSA) is 53.6 Å². The molecule has 28 heavy (non-hydrogen) atoms. The number of benzene rings is 2. The number of carbonyl (C=O) groups excluding carboxylic acids is 1. The lowest BCUT2D eigenvalue weighted by Crippen LogP contribution is -2.52. The maximum Gasteiger partial charge on any atom is 0.222 e. The molecule has 5 nitrogen and oxygen atoms in total. The molecule has 5 heteroatoms. The van der Waals surface area contributed by atoms with E-state index in [0.717, 1.165) is 49.5 Å². The van der Waals surface area contributed by atoms with Gasteiger partial charge in [0.15, 0.2) is 0 Å². The summed E-state index contributed by atoms with van der Waals surface area (Å²) in [6, 6.07) is 14.7. The maximum absolute atomic E-state index is 12.4. The first-order chi connectivity index (χ1) is 13.6. The molecule has 0 aromatic heterocycles. The number of amides is 1. The molecule has 4 rings (SSSR count). The van der Waals surface area contributed by atoms with Gasteiger partial charge in [-0.2, -0.15) is 0 Å². The number of likely N-dealkylation sites (tertiary alicyclic amines) is 1. The average Bonchev–Trinajstić information content (AvgIpc) is 2.69. The second-order valence-corrected chi connectivity index (χ2v) is 8.11. The third-order valence-electron chi connectivity index (χ3n) is 6.04. The van der Waals surface area contributed by atoms with E-state index in [1.54, 1.807) is 7.11 Å². The summed E-state index contributed by atoms with van der Waals surface area (Å²) in [6.07, 6.45) is 2.43. The third kappa shape index (κ3) is 3.99. The second-order valence-electron chi connectivity index (χ2n) is 8.11. The molecule has 0 saturated carbocycles. The minimum Gasteiger partial charge on any atom is -0.496 e. The summed E-state index contributed by atoms with van der Waals surface area (Å²) in [7, 11) is 1.73. The van der Waals surface area contributed by atoms with Crippen LogP contribution in [0.4, 0.5) is 5.69 Å². The van der Waals surface area contributed by atoms with Crippen molar-refractivity contribution in [3.8, 4) is 5.75 Å². The molecule has 0 radical (unpaired) electrons. The van der Waals surface area contributed by atoms with Gasteiger partial charge in [-0.15, -0.1) is 0 Å². The summed E-state index contributed by atoms with van der Waals surface area (Å²) in [6.45, 7) is 5.47. The van der Waals surface area contributed by atoms with Crippen LogP contribution in [0.25, 0.3) is 0 Å². The molecule has 2 aromatic rings. The standard InChI is InChI=1S/C23H29N3O2/c1-17-7-8-19(21(13-17)28-2)16-26-11-9-23(10-12-26)14-22(27)24-15-18-5-3-4-6-20(18)25-23/h3-8,13,25H,9-12,14-16H2,1-2H3,(H,24,27). The molecule has 0 unspecified atom stereocenters. The molecule has 2 aliphatic rings. The van der Waals surface area contributed by atoms with Crippen molar-refractivity contribution >= 4 is 11.6 Å². The highest BCUT2D eigenvalue weighted by Gasteiger charge is 2.38. The highest BCUT2D eigenvalue weighted by molar-refractivity contribution is 5.79. The average molecular weight is 380 g/mol. The lowest BCUT2D eigenvalue weighted by atomic mass is 9.82. The fraction of sp³-hybridized carbons (Fsp3) is 0.435. The monoisotopic (exact) mass is 379 g/mol. The molecule has 2 aliphatic heterocycles.